The molecule has 3 N–H and O–H groups in total. The molecule has 3 atom stereocenters. The molecule has 1 aliphatic carbocycles. The van der Waals surface area contributed by atoms with Crippen molar-refractivity contribution in [3.63, 3.8) is 0 Å². The fourth-order valence-electron chi connectivity index (χ4n) is 2.90. The maximum Gasteiger partial charge on any atom is 0.191 e. The molecule has 0 aliphatic heterocycles. The van der Waals surface area contributed by atoms with Crippen LogP contribution in [0.15, 0.2) is 29.3 Å². The second kappa shape index (κ2) is 11.1. The van der Waals surface area contributed by atoms with E-state index >= 15 is 0 Å². The van der Waals surface area contributed by atoms with E-state index < -0.39 is 6.10 Å². The van der Waals surface area contributed by atoms with Gasteiger partial charge in [0.05, 0.1) is 6.10 Å². The summed E-state index contributed by atoms with van der Waals surface area (Å²) in [6.07, 6.45) is 6.18. The molecule has 0 radical (unpaired) electrons. The third kappa shape index (κ3) is 6.76. The van der Waals surface area contributed by atoms with Gasteiger partial charge in [-0.1, -0.05) is 18.6 Å². The zero-order valence-corrected chi connectivity index (χ0v) is 17.3. The smallest absolute Gasteiger partial charge is 0.191 e. The van der Waals surface area contributed by atoms with Crippen LogP contribution in [-0.4, -0.2) is 42.2 Å². The largest absolute Gasteiger partial charge is 0.387 e. The van der Waals surface area contributed by atoms with Gasteiger partial charge in [0.25, 0.3) is 0 Å². The highest BCUT2D eigenvalue weighted by atomic mass is 127. The van der Waals surface area contributed by atoms with Crippen LogP contribution in [-0.2, 0) is 0 Å². The first kappa shape index (κ1) is 21.5. The fourth-order valence-corrected chi connectivity index (χ4v) is 3.73. The zero-order valence-electron chi connectivity index (χ0n) is 14.2. The van der Waals surface area contributed by atoms with Crippen LogP contribution < -0.4 is 10.6 Å². The van der Waals surface area contributed by atoms with Gasteiger partial charge in [0.15, 0.2) is 5.96 Å². The summed E-state index contributed by atoms with van der Waals surface area (Å²) in [5, 5.41) is 17.4. The first-order valence-corrected chi connectivity index (χ1v) is 9.34. The number of aliphatic hydroxyl groups excluding tert-OH is 1. The van der Waals surface area contributed by atoms with Gasteiger partial charge in [-0.05, 0) is 43.2 Å². The third-order valence-electron chi connectivity index (χ3n) is 4.22. The van der Waals surface area contributed by atoms with E-state index in [9.17, 15) is 9.50 Å². The molecule has 3 unspecified atom stereocenters. The topological polar surface area (TPSA) is 56.7 Å². The van der Waals surface area contributed by atoms with Crippen LogP contribution in [0.3, 0.4) is 0 Å². The molecular weight excluding hydrogens is 440 g/mol. The van der Waals surface area contributed by atoms with Crippen molar-refractivity contribution in [3.8, 4) is 0 Å². The molecule has 0 aromatic heterocycles. The molecular formula is C17H27FIN3OS. The van der Waals surface area contributed by atoms with Crippen LogP contribution >= 0.6 is 35.7 Å². The van der Waals surface area contributed by atoms with Gasteiger partial charge in [-0.15, -0.1) is 24.0 Å². The van der Waals surface area contributed by atoms with Gasteiger partial charge in [0.1, 0.15) is 5.82 Å². The number of aliphatic imine (C=N–C) groups is 1. The molecule has 24 heavy (non-hydrogen) atoms. The van der Waals surface area contributed by atoms with Gasteiger partial charge >= 0.3 is 0 Å². The zero-order chi connectivity index (χ0) is 16.7. The van der Waals surface area contributed by atoms with Crippen LogP contribution in [0.4, 0.5) is 4.39 Å². The molecule has 4 nitrogen and oxygen atoms in total. The summed E-state index contributed by atoms with van der Waals surface area (Å²) in [6.45, 7) is 0.293. The minimum Gasteiger partial charge on any atom is -0.387 e. The van der Waals surface area contributed by atoms with E-state index in [0.29, 0.717) is 29.4 Å². The Morgan fingerprint density at radius 2 is 2.25 bits per heavy atom. The van der Waals surface area contributed by atoms with Gasteiger partial charge in [0, 0.05) is 24.9 Å². The Bertz CT molecular complexity index is 532. The van der Waals surface area contributed by atoms with Gasteiger partial charge in [0.2, 0.25) is 0 Å². The maximum atomic E-state index is 13.2. The van der Waals surface area contributed by atoms with Crippen LogP contribution in [0.2, 0.25) is 0 Å². The quantitative estimate of drug-likeness (QED) is 0.354. The number of rotatable bonds is 5. The summed E-state index contributed by atoms with van der Waals surface area (Å²) in [7, 11) is 1.72. The molecule has 7 heteroatoms. The average Bonchev–Trinajstić information content (AvgIpc) is 2.58. The number of hydrogen-bond acceptors (Lipinski definition) is 3. The highest BCUT2D eigenvalue weighted by Gasteiger charge is 2.22. The van der Waals surface area contributed by atoms with Crippen LogP contribution in [0, 0.1) is 5.82 Å². The molecule has 0 amide bonds. The number of nitrogens with one attached hydrogen (secondary N) is 2. The summed E-state index contributed by atoms with van der Waals surface area (Å²) in [4.78, 5) is 4.22. The highest BCUT2D eigenvalue weighted by molar-refractivity contribution is 14.0. The van der Waals surface area contributed by atoms with E-state index in [2.05, 4.69) is 21.9 Å². The molecule has 1 aromatic rings. The van der Waals surface area contributed by atoms with Gasteiger partial charge in [-0.25, -0.2) is 4.39 Å². The number of benzene rings is 1. The number of hydrogen-bond donors (Lipinski definition) is 3. The highest BCUT2D eigenvalue weighted by Crippen LogP contribution is 2.26. The predicted molar refractivity (Wildman–Crippen MR) is 111 cm³/mol. The minimum atomic E-state index is -0.769. The number of halogens is 2. The average molecular weight is 467 g/mol. The molecule has 0 heterocycles. The van der Waals surface area contributed by atoms with E-state index in [1.165, 1.54) is 25.0 Å². The Morgan fingerprint density at radius 3 is 2.92 bits per heavy atom. The molecule has 1 aliphatic rings. The molecule has 0 spiro atoms. The molecule has 1 saturated carbocycles. The second-order valence-corrected chi connectivity index (χ2v) is 7.03. The number of nitrogens with zero attached hydrogens (tertiary/aromatic N) is 1. The Hall–Kier alpha value is -0.540. The van der Waals surface area contributed by atoms with Crippen molar-refractivity contribution < 1.29 is 9.50 Å². The van der Waals surface area contributed by atoms with E-state index in [4.69, 9.17) is 0 Å². The summed E-state index contributed by atoms with van der Waals surface area (Å²) in [5.41, 5.74) is 0.563. The summed E-state index contributed by atoms with van der Waals surface area (Å²) in [5.74, 6) is 0.349. The van der Waals surface area contributed by atoms with E-state index in [1.54, 1.807) is 19.2 Å². The van der Waals surface area contributed by atoms with Crippen LogP contribution in [0.25, 0.3) is 0 Å². The van der Waals surface area contributed by atoms with E-state index in [1.807, 2.05) is 11.8 Å². The first-order chi connectivity index (χ1) is 11.1. The van der Waals surface area contributed by atoms with Crippen molar-refractivity contribution in [2.24, 2.45) is 4.99 Å². The lowest BCUT2D eigenvalue weighted by Gasteiger charge is -2.30. The number of aliphatic hydroxyl groups is 1. The van der Waals surface area contributed by atoms with Crippen molar-refractivity contribution in [1.82, 2.24) is 10.6 Å². The Labute approximate surface area is 165 Å². The molecule has 136 valence electrons. The second-order valence-electron chi connectivity index (χ2n) is 5.89. The van der Waals surface area contributed by atoms with Crippen LogP contribution in [0.1, 0.15) is 37.4 Å². The fraction of sp³-hybridized carbons (Fsp3) is 0.588. The maximum absolute atomic E-state index is 13.2. The number of guanidine groups is 1. The Kier molecular flexibility index (Phi) is 9.99. The summed E-state index contributed by atoms with van der Waals surface area (Å²) < 4.78 is 13.2. The molecule has 0 saturated heterocycles. The van der Waals surface area contributed by atoms with Crippen molar-refractivity contribution in [3.05, 3.63) is 35.6 Å². The van der Waals surface area contributed by atoms with Crippen molar-refractivity contribution in [2.45, 2.75) is 43.1 Å². The van der Waals surface area contributed by atoms with Gasteiger partial charge in [-0.3, -0.25) is 4.99 Å². The molecule has 0 bridgehead atoms. The van der Waals surface area contributed by atoms with Gasteiger partial charge in [-0.2, -0.15) is 11.8 Å². The van der Waals surface area contributed by atoms with Gasteiger partial charge < -0.3 is 15.7 Å². The van der Waals surface area contributed by atoms with E-state index in [-0.39, 0.29) is 29.8 Å². The predicted octanol–water partition coefficient (Wildman–Crippen LogP) is 3.32. The van der Waals surface area contributed by atoms with E-state index in [0.717, 1.165) is 12.8 Å². The summed E-state index contributed by atoms with van der Waals surface area (Å²) >= 11 is 1.93. The molecule has 2 rings (SSSR count). The third-order valence-corrected chi connectivity index (χ3v) is 5.32. The lowest BCUT2D eigenvalue weighted by molar-refractivity contribution is 0.180. The molecule has 1 fully saturated rings. The van der Waals surface area contributed by atoms with Crippen molar-refractivity contribution in [1.29, 1.82) is 0 Å². The minimum absolute atomic E-state index is 0. The van der Waals surface area contributed by atoms with Crippen molar-refractivity contribution in [2.75, 3.05) is 19.8 Å². The molecule has 1 aromatic carbocycles. The standard InChI is InChI=1S/C17H26FN3OS.HI/c1-19-17(21-14-7-4-8-15(10-14)23-2)20-11-16(22)12-5-3-6-13(18)9-12;/h3,5-6,9,14-16,22H,4,7-8,10-11H2,1-2H3,(H2,19,20,21);1H. The SMILES string of the molecule is CN=C(NCC(O)c1cccc(F)c1)NC1CCCC(SC)C1.I. The Morgan fingerprint density at radius 1 is 1.46 bits per heavy atom. The normalized spacial score (nSPS) is 22.4. The lowest BCUT2D eigenvalue weighted by Crippen LogP contribution is -2.46. The lowest BCUT2D eigenvalue weighted by atomic mass is 9.95. The van der Waals surface area contributed by atoms with Crippen molar-refractivity contribution >= 4 is 41.7 Å². The first-order valence-electron chi connectivity index (χ1n) is 8.06. The van der Waals surface area contributed by atoms with Crippen LogP contribution in [0.5, 0.6) is 0 Å². The number of thioether (sulfide) groups is 1. The monoisotopic (exact) mass is 467 g/mol. The Balaban J connectivity index is 0.00000288. The summed E-state index contributed by atoms with van der Waals surface area (Å²) in [6, 6.07) is 6.46.